The van der Waals surface area contributed by atoms with Gasteiger partial charge in [0.2, 0.25) is 10.0 Å². The van der Waals surface area contributed by atoms with Crippen molar-refractivity contribution in [2.24, 2.45) is 0 Å². The molecule has 0 saturated heterocycles. The summed E-state index contributed by atoms with van der Waals surface area (Å²) in [5.74, 6) is -0.509. The van der Waals surface area contributed by atoms with Crippen LogP contribution in [0.3, 0.4) is 0 Å². The van der Waals surface area contributed by atoms with Gasteiger partial charge in [0.25, 0.3) is 5.56 Å². The minimum absolute atomic E-state index is 0.0957. The predicted octanol–water partition coefficient (Wildman–Crippen LogP) is 3.16. The SMILES string of the molecule is CC(C)O[C@@H]1C(=O)OCc2c1cc1n(c2=O)Cc2c-1nc1ccccc1c2CCN(C(C)C)S(C)(=O)=O. The maximum Gasteiger partial charge on any atom is 0.340 e. The van der Waals surface area contributed by atoms with Gasteiger partial charge in [0.05, 0.1) is 41.4 Å². The first-order valence-electron chi connectivity index (χ1n) is 12.4. The number of ether oxygens (including phenoxy) is 2. The molecule has 5 rings (SSSR count). The Hall–Kier alpha value is -3.08. The molecule has 1 aromatic carbocycles. The van der Waals surface area contributed by atoms with E-state index >= 15 is 0 Å². The van der Waals surface area contributed by atoms with Crippen LogP contribution in [0.15, 0.2) is 35.1 Å². The first kappa shape index (κ1) is 25.6. The Labute approximate surface area is 216 Å². The zero-order valence-electron chi connectivity index (χ0n) is 21.6. The van der Waals surface area contributed by atoms with Crippen LogP contribution >= 0.6 is 0 Å². The lowest BCUT2D eigenvalue weighted by molar-refractivity contribution is -0.165. The number of hydrogen-bond donors (Lipinski definition) is 0. The first-order valence-corrected chi connectivity index (χ1v) is 14.3. The highest BCUT2D eigenvalue weighted by atomic mass is 32.2. The van der Waals surface area contributed by atoms with Gasteiger partial charge in [-0.1, -0.05) is 18.2 Å². The first-order chi connectivity index (χ1) is 17.5. The van der Waals surface area contributed by atoms with Crippen LogP contribution in [0.2, 0.25) is 0 Å². The molecule has 2 aromatic heterocycles. The van der Waals surface area contributed by atoms with E-state index in [0.29, 0.717) is 42.0 Å². The van der Waals surface area contributed by atoms with E-state index in [0.717, 1.165) is 22.0 Å². The zero-order chi connectivity index (χ0) is 26.6. The molecule has 0 amide bonds. The Morgan fingerprint density at radius 1 is 1.16 bits per heavy atom. The van der Waals surface area contributed by atoms with Gasteiger partial charge >= 0.3 is 5.97 Å². The summed E-state index contributed by atoms with van der Waals surface area (Å²) in [5, 5.41) is 0.934. The van der Waals surface area contributed by atoms with Crippen LogP contribution in [0.4, 0.5) is 0 Å². The third kappa shape index (κ3) is 4.47. The van der Waals surface area contributed by atoms with E-state index in [-0.39, 0.29) is 24.3 Å². The quantitative estimate of drug-likeness (QED) is 0.341. The predicted molar refractivity (Wildman–Crippen MR) is 140 cm³/mol. The Balaban J connectivity index is 1.67. The smallest absolute Gasteiger partial charge is 0.340 e. The fourth-order valence-corrected chi connectivity index (χ4v) is 6.55. The van der Waals surface area contributed by atoms with Gasteiger partial charge < -0.3 is 14.0 Å². The maximum atomic E-state index is 13.6. The number of para-hydroxylation sites is 1. The number of carbonyl (C=O) groups excluding carboxylic acids is 1. The number of pyridine rings is 2. The molecule has 9 nitrogen and oxygen atoms in total. The summed E-state index contributed by atoms with van der Waals surface area (Å²) in [5.41, 5.74) is 4.63. The van der Waals surface area contributed by atoms with E-state index in [1.54, 1.807) is 4.57 Å². The maximum absolute atomic E-state index is 13.6. The van der Waals surface area contributed by atoms with Crippen molar-refractivity contribution in [2.45, 2.75) is 65.5 Å². The number of benzene rings is 1. The Morgan fingerprint density at radius 3 is 2.57 bits per heavy atom. The molecule has 2 aliphatic rings. The van der Waals surface area contributed by atoms with Gasteiger partial charge in [-0.3, -0.25) is 4.79 Å². The summed E-state index contributed by atoms with van der Waals surface area (Å²) in [6.07, 6.45) is 0.487. The normalized spacial score (nSPS) is 16.9. The lowest BCUT2D eigenvalue weighted by Crippen LogP contribution is -2.37. The second-order valence-electron chi connectivity index (χ2n) is 10.2. The molecule has 0 saturated carbocycles. The lowest BCUT2D eigenvalue weighted by atomic mass is 9.97. The van der Waals surface area contributed by atoms with Crippen molar-refractivity contribution in [3.05, 3.63) is 62.9 Å². The Morgan fingerprint density at radius 2 is 1.89 bits per heavy atom. The topological polar surface area (TPSA) is 108 Å². The number of fused-ring (bicyclic) bond motifs is 5. The molecular weight excluding hydrogens is 494 g/mol. The molecule has 0 bridgehead atoms. The summed E-state index contributed by atoms with van der Waals surface area (Å²) in [4.78, 5) is 31.1. The molecule has 0 radical (unpaired) electrons. The molecule has 196 valence electrons. The Bertz CT molecular complexity index is 1580. The van der Waals surface area contributed by atoms with Crippen molar-refractivity contribution in [1.82, 2.24) is 13.9 Å². The lowest BCUT2D eigenvalue weighted by Gasteiger charge is -2.26. The molecular formula is C27H31N3O6S. The van der Waals surface area contributed by atoms with Gasteiger partial charge in [0.1, 0.15) is 6.61 Å². The standard InChI is InChI=1S/C27H31N3O6S/c1-15(2)30(37(5,33)34)11-10-17-18-8-6-7-9-22(18)28-24-20(17)13-29-23(24)12-19-21(26(29)31)14-35-27(32)25(19)36-16(3)4/h6-9,12,15-16,25H,10-11,13-14H2,1-5H3/t25-/m0/s1. The second-order valence-corrected chi connectivity index (χ2v) is 12.1. The molecule has 0 N–H and O–H groups in total. The Kier molecular flexibility index (Phi) is 6.45. The summed E-state index contributed by atoms with van der Waals surface area (Å²) in [6, 6.07) is 9.38. The second kappa shape index (κ2) is 9.34. The number of carbonyl (C=O) groups is 1. The van der Waals surface area contributed by atoms with Crippen molar-refractivity contribution in [1.29, 1.82) is 0 Å². The highest BCUT2D eigenvalue weighted by Gasteiger charge is 2.37. The van der Waals surface area contributed by atoms with Crippen LogP contribution < -0.4 is 5.56 Å². The highest BCUT2D eigenvalue weighted by molar-refractivity contribution is 7.88. The molecule has 0 fully saturated rings. The van der Waals surface area contributed by atoms with E-state index in [1.807, 2.05) is 58.0 Å². The van der Waals surface area contributed by atoms with Crippen molar-refractivity contribution < 1.29 is 22.7 Å². The highest BCUT2D eigenvalue weighted by Crippen LogP contribution is 2.39. The van der Waals surface area contributed by atoms with Crippen molar-refractivity contribution >= 4 is 26.9 Å². The van der Waals surface area contributed by atoms with Gasteiger partial charge in [-0.15, -0.1) is 0 Å². The van der Waals surface area contributed by atoms with Crippen LogP contribution in [0.1, 0.15) is 56.1 Å². The number of hydrogen-bond acceptors (Lipinski definition) is 7. The fraction of sp³-hybridized carbons (Fsp3) is 0.444. The molecule has 4 heterocycles. The number of rotatable bonds is 7. The van der Waals surface area contributed by atoms with E-state index in [9.17, 15) is 18.0 Å². The van der Waals surface area contributed by atoms with Gasteiger partial charge in [-0.25, -0.2) is 18.2 Å². The summed E-state index contributed by atoms with van der Waals surface area (Å²) in [6.45, 7) is 7.90. The van der Waals surface area contributed by atoms with E-state index in [1.165, 1.54) is 10.6 Å². The third-order valence-corrected chi connectivity index (χ3v) is 8.41. The molecule has 1 atom stereocenters. The molecule has 0 aliphatic carbocycles. The van der Waals surface area contributed by atoms with Crippen LogP contribution in [0, 0.1) is 0 Å². The van der Waals surface area contributed by atoms with E-state index < -0.39 is 22.1 Å². The average Bonchev–Trinajstić information content (AvgIpc) is 3.18. The van der Waals surface area contributed by atoms with Crippen molar-refractivity contribution in [3.8, 4) is 11.4 Å². The molecule has 37 heavy (non-hydrogen) atoms. The zero-order valence-corrected chi connectivity index (χ0v) is 22.5. The van der Waals surface area contributed by atoms with Crippen molar-refractivity contribution in [3.63, 3.8) is 0 Å². The number of esters is 1. The van der Waals surface area contributed by atoms with Gasteiger partial charge in [-0.05, 0) is 51.8 Å². The number of aromatic nitrogens is 2. The van der Waals surface area contributed by atoms with Crippen LogP contribution in [0.5, 0.6) is 0 Å². The van der Waals surface area contributed by atoms with Gasteiger partial charge in [0.15, 0.2) is 6.10 Å². The van der Waals surface area contributed by atoms with Crippen LogP contribution in [-0.4, -0.2) is 53.2 Å². The minimum Gasteiger partial charge on any atom is -0.458 e. The summed E-state index contributed by atoms with van der Waals surface area (Å²) >= 11 is 0. The van der Waals surface area contributed by atoms with E-state index in [2.05, 4.69) is 0 Å². The average molecular weight is 526 g/mol. The van der Waals surface area contributed by atoms with Crippen LogP contribution in [-0.2, 0) is 43.9 Å². The van der Waals surface area contributed by atoms with E-state index in [4.69, 9.17) is 14.5 Å². The number of nitrogens with zero attached hydrogens (tertiary/aromatic N) is 3. The molecule has 0 spiro atoms. The molecule has 10 heteroatoms. The third-order valence-electron chi connectivity index (χ3n) is 6.95. The largest absolute Gasteiger partial charge is 0.458 e. The monoisotopic (exact) mass is 525 g/mol. The summed E-state index contributed by atoms with van der Waals surface area (Å²) in [7, 11) is -3.39. The minimum atomic E-state index is -3.39. The summed E-state index contributed by atoms with van der Waals surface area (Å²) < 4.78 is 39.1. The molecule has 3 aromatic rings. The van der Waals surface area contributed by atoms with Crippen LogP contribution in [0.25, 0.3) is 22.3 Å². The number of sulfonamides is 1. The van der Waals surface area contributed by atoms with Gasteiger partial charge in [-0.2, -0.15) is 4.31 Å². The number of cyclic esters (lactones) is 1. The molecule has 0 unspecified atom stereocenters. The van der Waals surface area contributed by atoms with Gasteiger partial charge in [0, 0.05) is 29.1 Å². The molecule has 2 aliphatic heterocycles. The fourth-order valence-electron chi connectivity index (χ4n) is 5.36. The van der Waals surface area contributed by atoms with Crippen molar-refractivity contribution in [2.75, 3.05) is 12.8 Å².